The minimum absolute atomic E-state index is 0.00607. The molecule has 5 atom stereocenters. The minimum atomic E-state index is -0.956. The van der Waals surface area contributed by atoms with Crippen LogP contribution in [0.1, 0.15) is 74.5 Å². The topological polar surface area (TPSA) is 77.9 Å². The van der Waals surface area contributed by atoms with Gasteiger partial charge in [-0.05, 0) is 61.3 Å². The van der Waals surface area contributed by atoms with E-state index in [0.29, 0.717) is 5.02 Å². The third kappa shape index (κ3) is 4.19. The highest BCUT2D eigenvalue weighted by Gasteiger charge is 2.54. The Morgan fingerprint density at radius 2 is 1.78 bits per heavy atom. The molecule has 188 valence electrons. The fourth-order valence-corrected chi connectivity index (χ4v) is 6.84. The number of rotatable bonds is 7. The summed E-state index contributed by atoms with van der Waals surface area (Å²) in [5, 5.41) is 9.75. The summed E-state index contributed by atoms with van der Waals surface area (Å²) in [5.41, 5.74) is 3.02. The highest BCUT2D eigenvalue weighted by atomic mass is 35.5. The lowest BCUT2D eigenvalue weighted by Gasteiger charge is -2.48. The number of aliphatic carboxylic acids is 1. The first-order valence-electron chi connectivity index (χ1n) is 13.1. The smallest absolute Gasteiger partial charge is 0.303 e. The average Bonchev–Trinajstić information content (AvgIpc) is 3.80. The molecule has 6 rings (SSSR count). The normalized spacial score (nSPS) is 28.2. The Bertz CT molecular complexity index is 1200. The molecule has 4 aliphatic rings. The second kappa shape index (κ2) is 9.22. The molecule has 1 aliphatic heterocycles. The monoisotopic (exact) mass is 506 g/mol. The lowest BCUT2D eigenvalue weighted by atomic mass is 9.81. The SMILES string of the molecule is O=C(O)CCC(=O)N(C1CC1)C1c2ccc(Cl)cc2N(C(=O)C2CC2c2ccccc2)C2CCCC21. The van der Waals surface area contributed by atoms with Gasteiger partial charge in [0.25, 0.3) is 0 Å². The number of carboxylic acids is 1. The predicted molar refractivity (Wildman–Crippen MR) is 137 cm³/mol. The van der Waals surface area contributed by atoms with Crippen molar-refractivity contribution in [1.29, 1.82) is 0 Å². The number of hydrogen-bond acceptors (Lipinski definition) is 3. The van der Waals surface area contributed by atoms with Gasteiger partial charge in [-0.25, -0.2) is 0 Å². The molecule has 3 aliphatic carbocycles. The number of carbonyl (C=O) groups is 3. The first kappa shape index (κ1) is 23.5. The van der Waals surface area contributed by atoms with E-state index < -0.39 is 5.97 Å². The van der Waals surface area contributed by atoms with Crippen molar-refractivity contribution in [2.45, 2.75) is 75.4 Å². The molecular formula is C29H31ClN2O4. The average molecular weight is 507 g/mol. The molecule has 2 aromatic rings. The number of carboxylic acid groups (broad SMARTS) is 1. The van der Waals surface area contributed by atoms with Crippen molar-refractivity contribution < 1.29 is 19.5 Å². The Labute approximate surface area is 216 Å². The first-order valence-corrected chi connectivity index (χ1v) is 13.5. The van der Waals surface area contributed by atoms with E-state index in [-0.39, 0.29) is 60.5 Å². The van der Waals surface area contributed by atoms with Crippen LogP contribution in [0.15, 0.2) is 48.5 Å². The minimum Gasteiger partial charge on any atom is -0.481 e. The van der Waals surface area contributed by atoms with Gasteiger partial charge in [0.15, 0.2) is 0 Å². The number of anilines is 1. The fraction of sp³-hybridized carbons (Fsp3) is 0.483. The van der Waals surface area contributed by atoms with Crippen LogP contribution in [0.25, 0.3) is 0 Å². The van der Waals surface area contributed by atoms with E-state index in [1.807, 2.05) is 46.2 Å². The maximum absolute atomic E-state index is 14.0. The first-order chi connectivity index (χ1) is 17.4. The number of carbonyl (C=O) groups excluding carboxylic acids is 2. The molecule has 0 spiro atoms. The van der Waals surface area contributed by atoms with Gasteiger partial charge in [0.05, 0.1) is 18.2 Å². The van der Waals surface area contributed by atoms with Gasteiger partial charge in [0.2, 0.25) is 11.8 Å². The van der Waals surface area contributed by atoms with Gasteiger partial charge in [-0.3, -0.25) is 14.4 Å². The summed E-state index contributed by atoms with van der Waals surface area (Å²) in [6.07, 6.45) is 5.45. The van der Waals surface area contributed by atoms with Crippen molar-refractivity contribution in [3.8, 4) is 0 Å². The Balaban J connectivity index is 1.36. The number of fused-ring (bicyclic) bond motifs is 2. The highest BCUT2D eigenvalue weighted by Crippen LogP contribution is 2.56. The summed E-state index contributed by atoms with van der Waals surface area (Å²) in [7, 11) is 0. The van der Waals surface area contributed by atoms with Gasteiger partial charge in [0.1, 0.15) is 0 Å². The van der Waals surface area contributed by atoms with Crippen LogP contribution >= 0.6 is 11.6 Å². The molecule has 3 fully saturated rings. The van der Waals surface area contributed by atoms with E-state index >= 15 is 0 Å². The van der Waals surface area contributed by atoms with E-state index in [1.165, 1.54) is 5.56 Å². The second-order valence-electron chi connectivity index (χ2n) is 10.8. The van der Waals surface area contributed by atoms with E-state index in [1.54, 1.807) is 0 Å². The molecule has 3 saturated carbocycles. The van der Waals surface area contributed by atoms with Crippen LogP contribution in [-0.4, -0.2) is 39.9 Å². The molecule has 1 N–H and O–H groups in total. The molecule has 5 unspecified atom stereocenters. The Kier molecular flexibility index (Phi) is 6.03. The van der Waals surface area contributed by atoms with Gasteiger partial charge in [-0.1, -0.05) is 54.4 Å². The molecular weight excluding hydrogens is 476 g/mol. The van der Waals surface area contributed by atoms with Crippen LogP contribution in [-0.2, 0) is 14.4 Å². The maximum atomic E-state index is 14.0. The van der Waals surface area contributed by atoms with E-state index in [2.05, 4.69) is 12.1 Å². The van der Waals surface area contributed by atoms with Crippen molar-refractivity contribution in [2.75, 3.05) is 4.90 Å². The van der Waals surface area contributed by atoms with Gasteiger partial charge in [-0.15, -0.1) is 0 Å². The zero-order chi connectivity index (χ0) is 25.0. The fourth-order valence-electron chi connectivity index (χ4n) is 6.68. The lowest BCUT2D eigenvalue weighted by Crippen LogP contribution is -2.53. The standard InChI is InChI=1S/C29H31ClN2O4/c30-18-9-12-21-25(15-18)32(29(36)23-16-22(23)17-5-2-1-3-6-17)24-8-4-7-20(24)28(21)31(19-10-11-19)26(33)13-14-27(34)35/h1-3,5-6,9,12,15,19-20,22-24,28H,4,7-8,10-11,13-14,16H2,(H,34,35). The highest BCUT2D eigenvalue weighted by molar-refractivity contribution is 6.31. The van der Waals surface area contributed by atoms with E-state index in [9.17, 15) is 19.5 Å². The number of halogens is 1. The molecule has 0 aromatic heterocycles. The predicted octanol–water partition coefficient (Wildman–Crippen LogP) is 5.56. The second-order valence-corrected chi connectivity index (χ2v) is 11.2. The Morgan fingerprint density at radius 1 is 1.00 bits per heavy atom. The number of nitrogens with zero attached hydrogens (tertiary/aromatic N) is 2. The van der Waals surface area contributed by atoms with Gasteiger partial charge in [-0.2, -0.15) is 0 Å². The van der Waals surface area contributed by atoms with Crippen molar-refractivity contribution in [2.24, 2.45) is 11.8 Å². The molecule has 0 radical (unpaired) electrons. The largest absolute Gasteiger partial charge is 0.481 e. The summed E-state index contributed by atoms with van der Waals surface area (Å²) in [6.45, 7) is 0. The summed E-state index contributed by atoms with van der Waals surface area (Å²) in [5.74, 6) is -0.525. The maximum Gasteiger partial charge on any atom is 0.303 e. The number of benzene rings is 2. The summed E-state index contributed by atoms with van der Waals surface area (Å²) >= 11 is 6.47. The van der Waals surface area contributed by atoms with Crippen LogP contribution in [0.5, 0.6) is 0 Å². The molecule has 2 aromatic carbocycles. The van der Waals surface area contributed by atoms with Gasteiger partial charge >= 0.3 is 5.97 Å². The van der Waals surface area contributed by atoms with Crippen LogP contribution in [0.2, 0.25) is 5.02 Å². The number of amides is 2. The summed E-state index contributed by atoms with van der Waals surface area (Å²) in [4.78, 5) is 42.6. The van der Waals surface area contributed by atoms with Gasteiger partial charge in [0, 0.05) is 35.4 Å². The molecule has 0 bridgehead atoms. The van der Waals surface area contributed by atoms with Crippen molar-refractivity contribution in [3.63, 3.8) is 0 Å². The van der Waals surface area contributed by atoms with E-state index in [0.717, 1.165) is 49.8 Å². The number of hydrogen-bond donors (Lipinski definition) is 1. The van der Waals surface area contributed by atoms with Crippen LogP contribution in [0.3, 0.4) is 0 Å². The molecule has 36 heavy (non-hydrogen) atoms. The lowest BCUT2D eigenvalue weighted by molar-refractivity contribution is -0.143. The molecule has 2 amide bonds. The molecule has 6 nitrogen and oxygen atoms in total. The third-order valence-corrected chi connectivity index (χ3v) is 8.73. The quantitative estimate of drug-likeness (QED) is 0.533. The van der Waals surface area contributed by atoms with Crippen molar-refractivity contribution >= 4 is 35.1 Å². The van der Waals surface area contributed by atoms with Crippen molar-refractivity contribution in [3.05, 3.63) is 64.7 Å². The Morgan fingerprint density at radius 3 is 2.50 bits per heavy atom. The Hall–Kier alpha value is -2.86. The summed E-state index contributed by atoms with van der Waals surface area (Å²) in [6, 6.07) is 16.0. The zero-order valence-electron chi connectivity index (χ0n) is 20.2. The van der Waals surface area contributed by atoms with E-state index in [4.69, 9.17) is 11.6 Å². The van der Waals surface area contributed by atoms with Gasteiger partial charge < -0.3 is 14.9 Å². The third-order valence-electron chi connectivity index (χ3n) is 8.49. The molecule has 1 heterocycles. The molecule has 0 saturated heterocycles. The van der Waals surface area contributed by atoms with Crippen LogP contribution in [0, 0.1) is 11.8 Å². The van der Waals surface area contributed by atoms with Crippen molar-refractivity contribution in [1.82, 2.24) is 4.90 Å². The van der Waals surface area contributed by atoms with Crippen LogP contribution in [0.4, 0.5) is 5.69 Å². The van der Waals surface area contributed by atoms with Crippen LogP contribution < -0.4 is 4.90 Å². The molecule has 7 heteroatoms. The zero-order valence-corrected chi connectivity index (χ0v) is 20.9. The summed E-state index contributed by atoms with van der Waals surface area (Å²) < 4.78 is 0.